The first-order valence-corrected chi connectivity index (χ1v) is 14.5. The molecule has 2 atom stereocenters. The Hall–Kier alpha value is -4.15. The van der Waals surface area contributed by atoms with E-state index < -0.39 is 46.8 Å². The number of morpholine rings is 1. The Balaban J connectivity index is 1.53. The molecule has 2 fully saturated rings. The Morgan fingerprint density at radius 3 is 2.48 bits per heavy atom. The molecular weight excluding hydrogens is 617 g/mol. The van der Waals surface area contributed by atoms with Crippen LogP contribution in [0.25, 0.3) is 11.1 Å². The van der Waals surface area contributed by atoms with Crippen molar-refractivity contribution in [1.82, 2.24) is 19.4 Å². The molecule has 0 radical (unpaired) electrons. The molecule has 1 amide bonds. The number of anilines is 3. The second-order valence-corrected chi connectivity index (χ2v) is 11.2. The van der Waals surface area contributed by atoms with E-state index in [0.717, 1.165) is 16.8 Å². The lowest BCUT2D eigenvalue weighted by molar-refractivity contribution is -0.138. The number of rotatable bonds is 9. The molecule has 1 aromatic carbocycles. The normalized spacial score (nSPS) is 18.8. The minimum atomic E-state index is -5.01. The molecule has 3 aromatic rings. The molecule has 2 aliphatic heterocycles. The number of halogens is 5. The molecule has 46 heavy (non-hydrogen) atoms. The van der Waals surface area contributed by atoms with Crippen LogP contribution in [0.3, 0.4) is 0 Å². The number of amides is 1. The molecule has 0 saturated carbocycles. The van der Waals surface area contributed by atoms with Crippen molar-refractivity contribution >= 4 is 23.2 Å². The molecule has 248 valence electrons. The molecule has 0 bridgehead atoms. The van der Waals surface area contributed by atoms with Crippen LogP contribution >= 0.6 is 0 Å². The van der Waals surface area contributed by atoms with E-state index in [0.29, 0.717) is 51.5 Å². The van der Waals surface area contributed by atoms with Gasteiger partial charge in [-0.15, -0.1) is 0 Å². The predicted molar refractivity (Wildman–Crippen MR) is 160 cm³/mol. The number of ether oxygens (including phenoxy) is 2. The lowest BCUT2D eigenvalue weighted by atomic mass is 10.0. The maximum Gasteiger partial charge on any atom is 0.417 e. The molecule has 2 saturated heterocycles. The van der Waals surface area contributed by atoms with Gasteiger partial charge in [-0.2, -0.15) is 13.2 Å². The van der Waals surface area contributed by atoms with Crippen LogP contribution in [0.4, 0.5) is 39.3 Å². The second kappa shape index (κ2) is 13.7. The van der Waals surface area contributed by atoms with Gasteiger partial charge in [0.2, 0.25) is 5.95 Å². The smallest absolute Gasteiger partial charge is 0.383 e. The highest BCUT2D eigenvalue weighted by Gasteiger charge is 2.38. The number of benzene rings is 1. The van der Waals surface area contributed by atoms with E-state index in [1.807, 2.05) is 4.90 Å². The first-order valence-electron chi connectivity index (χ1n) is 14.5. The number of aryl methyl sites for hydroxylation is 1. The number of hydrogen-bond acceptors (Lipinski definition) is 9. The van der Waals surface area contributed by atoms with Crippen LogP contribution in [0, 0.1) is 5.82 Å². The van der Waals surface area contributed by atoms with E-state index in [4.69, 9.17) is 9.47 Å². The lowest BCUT2D eigenvalue weighted by Crippen LogP contribution is -2.40. The van der Waals surface area contributed by atoms with Crippen molar-refractivity contribution in [2.75, 3.05) is 81.8 Å². The first-order chi connectivity index (χ1) is 21.9. The minimum absolute atomic E-state index is 0.0335. The Morgan fingerprint density at radius 2 is 1.83 bits per heavy atom. The molecule has 4 heterocycles. The van der Waals surface area contributed by atoms with Crippen molar-refractivity contribution in [3.63, 3.8) is 0 Å². The van der Waals surface area contributed by atoms with E-state index in [1.165, 1.54) is 37.5 Å². The fourth-order valence-corrected chi connectivity index (χ4v) is 5.53. The van der Waals surface area contributed by atoms with Gasteiger partial charge >= 0.3 is 6.18 Å². The summed E-state index contributed by atoms with van der Waals surface area (Å²) in [5.41, 5.74) is -2.97. The van der Waals surface area contributed by atoms with Crippen molar-refractivity contribution in [2.45, 2.75) is 18.4 Å². The third kappa shape index (κ3) is 7.13. The fraction of sp³-hybridized carbons (Fsp3) is 0.467. The summed E-state index contributed by atoms with van der Waals surface area (Å²) in [4.78, 5) is 39.4. The van der Waals surface area contributed by atoms with Crippen LogP contribution in [0.1, 0.15) is 15.9 Å². The summed E-state index contributed by atoms with van der Waals surface area (Å²) in [6.07, 6.45) is -2.76. The molecule has 2 unspecified atom stereocenters. The Bertz CT molecular complexity index is 1610. The predicted octanol–water partition coefficient (Wildman–Crippen LogP) is 3.19. The van der Waals surface area contributed by atoms with Crippen LogP contribution in [0.15, 0.2) is 41.6 Å². The maximum atomic E-state index is 15.8. The molecule has 2 aromatic heterocycles. The number of hydrogen-bond donors (Lipinski definition) is 1. The standard InChI is InChI=1S/C30H34F5N7O4/c1-39(4-7-45-3)26-17-42(16-23(26)32)25-12-22(31)19(18-13-36-29(37-14-18)41-5-8-46-9-6-41)10-24(25)38-28(44)20-15-40(2)27(43)11-21(20)30(33,34)35/h10-15,23,26H,4-9,16-17H2,1-3H3,(H,38,44). The first kappa shape index (κ1) is 33.2. The summed E-state index contributed by atoms with van der Waals surface area (Å²) in [6, 6.07) is 2.12. The van der Waals surface area contributed by atoms with Crippen LogP contribution in [-0.2, 0) is 22.7 Å². The Morgan fingerprint density at radius 1 is 1.13 bits per heavy atom. The van der Waals surface area contributed by atoms with Gasteiger partial charge in [0, 0.05) is 76.1 Å². The van der Waals surface area contributed by atoms with Gasteiger partial charge in [-0.1, -0.05) is 0 Å². The van der Waals surface area contributed by atoms with Crippen LogP contribution in [-0.4, -0.2) is 104 Å². The van der Waals surface area contributed by atoms with E-state index in [1.54, 1.807) is 11.9 Å². The summed E-state index contributed by atoms with van der Waals surface area (Å²) in [5, 5.41) is 2.47. The van der Waals surface area contributed by atoms with Crippen LogP contribution < -0.4 is 20.7 Å². The number of likely N-dealkylation sites (N-methyl/N-ethyl adjacent to an activating group) is 1. The lowest BCUT2D eigenvalue weighted by Gasteiger charge is -2.27. The Kier molecular flexibility index (Phi) is 9.88. The average Bonchev–Trinajstić information content (AvgIpc) is 3.42. The highest BCUT2D eigenvalue weighted by Crippen LogP contribution is 2.38. The van der Waals surface area contributed by atoms with E-state index in [9.17, 15) is 22.8 Å². The number of pyridine rings is 1. The topological polar surface area (TPSA) is 105 Å². The van der Waals surface area contributed by atoms with Gasteiger partial charge in [0.05, 0.1) is 54.9 Å². The number of carbonyl (C=O) groups excluding carboxylic acids is 1. The van der Waals surface area contributed by atoms with Gasteiger partial charge in [-0.3, -0.25) is 14.5 Å². The van der Waals surface area contributed by atoms with Crippen LogP contribution in [0.2, 0.25) is 0 Å². The number of carbonyl (C=O) groups is 1. The summed E-state index contributed by atoms with van der Waals surface area (Å²) < 4.78 is 84.0. The van der Waals surface area contributed by atoms with Gasteiger partial charge in [-0.25, -0.2) is 18.7 Å². The van der Waals surface area contributed by atoms with E-state index in [-0.39, 0.29) is 35.6 Å². The van der Waals surface area contributed by atoms with Crippen molar-refractivity contribution in [3.05, 3.63) is 64.1 Å². The molecule has 11 nitrogen and oxygen atoms in total. The number of nitrogens with one attached hydrogen (secondary N) is 1. The van der Waals surface area contributed by atoms with Gasteiger partial charge < -0.3 is 29.2 Å². The average molecular weight is 652 g/mol. The summed E-state index contributed by atoms with van der Waals surface area (Å²) >= 11 is 0. The Labute approximate surface area is 261 Å². The van der Waals surface area contributed by atoms with E-state index >= 15 is 8.78 Å². The molecule has 0 spiro atoms. The van der Waals surface area contributed by atoms with Gasteiger partial charge in [-0.05, 0) is 19.2 Å². The molecule has 2 aliphatic rings. The minimum Gasteiger partial charge on any atom is -0.383 e. The van der Waals surface area contributed by atoms with Crippen molar-refractivity contribution < 1.29 is 36.2 Å². The number of aromatic nitrogens is 3. The largest absolute Gasteiger partial charge is 0.417 e. The van der Waals surface area contributed by atoms with Gasteiger partial charge in [0.15, 0.2) is 0 Å². The van der Waals surface area contributed by atoms with Crippen molar-refractivity contribution in [1.29, 1.82) is 0 Å². The van der Waals surface area contributed by atoms with Crippen molar-refractivity contribution in [3.8, 4) is 11.1 Å². The zero-order valence-electron chi connectivity index (χ0n) is 25.5. The molecule has 16 heteroatoms. The zero-order chi connectivity index (χ0) is 33.2. The number of nitrogens with zero attached hydrogens (tertiary/aromatic N) is 6. The number of alkyl halides is 4. The quantitative estimate of drug-likeness (QED) is 0.350. The molecule has 5 rings (SSSR count). The van der Waals surface area contributed by atoms with E-state index in [2.05, 4.69) is 15.3 Å². The SMILES string of the molecule is COCCN(C)C1CN(c2cc(F)c(-c3cnc(N4CCOCC4)nc3)cc2NC(=O)c2cn(C)c(=O)cc2C(F)(F)F)CC1F. The zero-order valence-corrected chi connectivity index (χ0v) is 25.5. The molecule has 1 N–H and O–H groups in total. The maximum absolute atomic E-state index is 15.8. The van der Waals surface area contributed by atoms with Gasteiger partial charge in [0.25, 0.3) is 11.5 Å². The third-order valence-electron chi connectivity index (χ3n) is 8.13. The van der Waals surface area contributed by atoms with Gasteiger partial charge in [0.1, 0.15) is 12.0 Å². The monoisotopic (exact) mass is 651 g/mol. The van der Waals surface area contributed by atoms with Crippen molar-refractivity contribution in [2.24, 2.45) is 7.05 Å². The fourth-order valence-electron chi connectivity index (χ4n) is 5.53. The summed E-state index contributed by atoms with van der Waals surface area (Å²) in [6.45, 7) is 2.91. The second-order valence-electron chi connectivity index (χ2n) is 11.2. The van der Waals surface area contributed by atoms with Crippen LogP contribution in [0.5, 0.6) is 0 Å². The molecule has 0 aliphatic carbocycles. The number of methoxy groups -OCH3 is 1. The highest BCUT2D eigenvalue weighted by molar-refractivity contribution is 6.07. The highest BCUT2D eigenvalue weighted by atomic mass is 19.4. The summed E-state index contributed by atoms with van der Waals surface area (Å²) in [5.74, 6) is -1.51. The molecular formula is C30H34F5N7O4. The third-order valence-corrected chi connectivity index (χ3v) is 8.13. The summed E-state index contributed by atoms with van der Waals surface area (Å²) in [7, 11) is 4.47.